The summed E-state index contributed by atoms with van der Waals surface area (Å²) in [5.41, 5.74) is 1.22. The van der Waals surface area contributed by atoms with Crippen molar-refractivity contribution in [2.24, 2.45) is 0 Å². The van der Waals surface area contributed by atoms with Gasteiger partial charge in [0.1, 0.15) is 5.75 Å². The average Bonchev–Trinajstić information content (AvgIpc) is 2.59. The van der Waals surface area contributed by atoms with Crippen molar-refractivity contribution in [2.75, 3.05) is 26.9 Å². The maximum Gasteiger partial charge on any atom is 0.220 e. The summed E-state index contributed by atoms with van der Waals surface area (Å²) in [7, 11) is 1.66. The first-order valence-corrected chi connectivity index (χ1v) is 8.82. The first-order valence-electron chi connectivity index (χ1n) is 8.82. The number of ether oxygens (including phenoxy) is 3. The lowest BCUT2D eigenvalue weighted by molar-refractivity contribution is -0.140. The lowest BCUT2D eigenvalue weighted by atomic mass is 10.1. The SMILES string of the molecule is CCOC(CCCNC(=O)CCCc1ccc(OC)cc1)OCC. The predicted molar refractivity (Wildman–Crippen MR) is 95.2 cm³/mol. The van der Waals surface area contributed by atoms with Gasteiger partial charge in [0.05, 0.1) is 7.11 Å². The molecule has 0 aliphatic rings. The summed E-state index contributed by atoms with van der Waals surface area (Å²) in [5.74, 6) is 0.960. The lowest BCUT2D eigenvalue weighted by Gasteiger charge is -2.16. The van der Waals surface area contributed by atoms with Crippen LogP contribution < -0.4 is 10.1 Å². The van der Waals surface area contributed by atoms with Crippen LogP contribution in [0.4, 0.5) is 0 Å². The first kappa shape index (κ1) is 20.5. The van der Waals surface area contributed by atoms with E-state index in [1.54, 1.807) is 7.11 Å². The Balaban J connectivity index is 2.10. The molecule has 0 atom stereocenters. The number of benzene rings is 1. The van der Waals surface area contributed by atoms with Gasteiger partial charge in [-0.3, -0.25) is 4.79 Å². The van der Waals surface area contributed by atoms with Gasteiger partial charge in [-0.2, -0.15) is 0 Å². The third-order valence-corrected chi connectivity index (χ3v) is 3.67. The van der Waals surface area contributed by atoms with Crippen molar-refractivity contribution in [3.63, 3.8) is 0 Å². The van der Waals surface area contributed by atoms with Crippen LogP contribution in [0, 0.1) is 0 Å². The van der Waals surface area contributed by atoms with Crippen LogP contribution in [0.2, 0.25) is 0 Å². The van der Waals surface area contributed by atoms with Gasteiger partial charge in [-0.15, -0.1) is 0 Å². The van der Waals surface area contributed by atoms with Crippen LogP contribution in [0.5, 0.6) is 5.75 Å². The molecule has 0 heterocycles. The Morgan fingerprint density at radius 2 is 1.75 bits per heavy atom. The Bertz CT molecular complexity index is 441. The Hall–Kier alpha value is -1.59. The summed E-state index contributed by atoms with van der Waals surface area (Å²) < 4.78 is 16.1. The number of hydrogen-bond acceptors (Lipinski definition) is 4. The standard InChI is InChI=1S/C19H31NO4/c1-4-23-19(24-5-2)10-7-15-20-18(21)9-6-8-16-11-13-17(22-3)14-12-16/h11-14,19H,4-10,15H2,1-3H3,(H,20,21). The number of amides is 1. The van der Waals surface area contributed by atoms with Gasteiger partial charge in [0, 0.05) is 32.6 Å². The maximum absolute atomic E-state index is 11.8. The minimum absolute atomic E-state index is 0.105. The van der Waals surface area contributed by atoms with Crippen LogP contribution in [0.25, 0.3) is 0 Å². The highest BCUT2D eigenvalue weighted by molar-refractivity contribution is 5.75. The molecule has 0 unspecified atom stereocenters. The van der Waals surface area contributed by atoms with Crippen LogP contribution in [0.3, 0.4) is 0 Å². The number of carbonyl (C=O) groups is 1. The molecule has 24 heavy (non-hydrogen) atoms. The molecular weight excluding hydrogens is 306 g/mol. The largest absolute Gasteiger partial charge is 0.497 e. The molecule has 0 spiro atoms. The van der Waals surface area contributed by atoms with E-state index < -0.39 is 0 Å². The number of methoxy groups -OCH3 is 1. The highest BCUT2D eigenvalue weighted by atomic mass is 16.7. The quantitative estimate of drug-likeness (QED) is 0.443. The molecule has 1 amide bonds. The molecule has 1 rings (SSSR count). The van der Waals surface area contributed by atoms with E-state index in [-0.39, 0.29) is 12.2 Å². The number of aryl methyl sites for hydroxylation is 1. The Morgan fingerprint density at radius 1 is 1.08 bits per heavy atom. The summed E-state index contributed by atoms with van der Waals surface area (Å²) in [6.45, 7) is 5.86. The minimum atomic E-state index is -0.160. The molecule has 0 radical (unpaired) electrons. The number of nitrogens with one attached hydrogen (secondary N) is 1. The summed E-state index contributed by atoms with van der Waals surface area (Å²) in [6, 6.07) is 7.97. The topological polar surface area (TPSA) is 56.8 Å². The molecule has 0 bridgehead atoms. The fraction of sp³-hybridized carbons (Fsp3) is 0.632. The molecule has 1 N–H and O–H groups in total. The Kier molecular flexibility index (Phi) is 10.9. The van der Waals surface area contributed by atoms with Gasteiger partial charge in [-0.05, 0) is 50.8 Å². The van der Waals surface area contributed by atoms with Crippen molar-refractivity contribution < 1.29 is 19.0 Å². The monoisotopic (exact) mass is 337 g/mol. The van der Waals surface area contributed by atoms with Gasteiger partial charge in [0.2, 0.25) is 5.91 Å². The average molecular weight is 337 g/mol. The molecule has 0 saturated carbocycles. The van der Waals surface area contributed by atoms with Crippen molar-refractivity contribution in [3.8, 4) is 5.75 Å². The fourth-order valence-corrected chi connectivity index (χ4v) is 2.42. The zero-order chi connectivity index (χ0) is 17.6. The van der Waals surface area contributed by atoms with Crippen LogP contribution in [-0.4, -0.2) is 39.1 Å². The van der Waals surface area contributed by atoms with E-state index in [1.165, 1.54) is 5.56 Å². The zero-order valence-electron chi connectivity index (χ0n) is 15.2. The molecule has 136 valence electrons. The van der Waals surface area contributed by atoms with Gasteiger partial charge in [0.25, 0.3) is 0 Å². The van der Waals surface area contributed by atoms with Crippen LogP contribution in [0.1, 0.15) is 45.1 Å². The second-order valence-electron chi connectivity index (χ2n) is 5.53. The molecule has 0 aliphatic heterocycles. The van der Waals surface area contributed by atoms with E-state index in [1.807, 2.05) is 38.1 Å². The number of hydrogen-bond donors (Lipinski definition) is 1. The summed E-state index contributed by atoms with van der Waals surface area (Å²) in [6.07, 6.45) is 3.79. The second kappa shape index (κ2) is 12.8. The van der Waals surface area contributed by atoms with Crippen molar-refractivity contribution in [3.05, 3.63) is 29.8 Å². The maximum atomic E-state index is 11.8. The second-order valence-corrected chi connectivity index (χ2v) is 5.53. The van der Waals surface area contributed by atoms with Gasteiger partial charge >= 0.3 is 0 Å². The third kappa shape index (κ3) is 8.89. The van der Waals surface area contributed by atoms with Crippen molar-refractivity contribution in [1.82, 2.24) is 5.32 Å². The molecule has 0 fully saturated rings. The van der Waals surface area contributed by atoms with Gasteiger partial charge < -0.3 is 19.5 Å². The molecule has 0 aromatic heterocycles. The smallest absolute Gasteiger partial charge is 0.220 e. The first-order chi connectivity index (χ1) is 11.7. The van der Waals surface area contributed by atoms with Crippen LogP contribution >= 0.6 is 0 Å². The molecule has 0 aliphatic carbocycles. The molecule has 0 saturated heterocycles. The van der Waals surface area contributed by atoms with Crippen molar-refractivity contribution in [2.45, 2.75) is 52.2 Å². The van der Waals surface area contributed by atoms with E-state index in [0.717, 1.165) is 31.4 Å². The molecular formula is C19H31NO4. The van der Waals surface area contributed by atoms with Crippen LogP contribution in [0.15, 0.2) is 24.3 Å². The van der Waals surface area contributed by atoms with Crippen LogP contribution in [-0.2, 0) is 20.7 Å². The van der Waals surface area contributed by atoms with Crippen molar-refractivity contribution in [1.29, 1.82) is 0 Å². The summed E-state index contributed by atoms with van der Waals surface area (Å²) in [5, 5.41) is 2.96. The van der Waals surface area contributed by atoms with E-state index in [2.05, 4.69) is 5.32 Å². The highest BCUT2D eigenvalue weighted by Crippen LogP contribution is 2.13. The van der Waals surface area contributed by atoms with E-state index in [0.29, 0.717) is 26.2 Å². The number of rotatable bonds is 13. The zero-order valence-corrected chi connectivity index (χ0v) is 15.2. The molecule has 5 heteroatoms. The molecule has 1 aromatic carbocycles. The Labute approximate surface area is 145 Å². The van der Waals surface area contributed by atoms with E-state index in [4.69, 9.17) is 14.2 Å². The lowest BCUT2D eigenvalue weighted by Crippen LogP contribution is -2.26. The van der Waals surface area contributed by atoms with Gasteiger partial charge in [0.15, 0.2) is 6.29 Å². The third-order valence-electron chi connectivity index (χ3n) is 3.67. The normalized spacial score (nSPS) is 10.8. The van der Waals surface area contributed by atoms with E-state index >= 15 is 0 Å². The number of carbonyl (C=O) groups excluding carboxylic acids is 1. The fourth-order valence-electron chi connectivity index (χ4n) is 2.42. The highest BCUT2D eigenvalue weighted by Gasteiger charge is 2.08. The predicted octanol–water partition coefficient (Wildman–Crippen LogP) is 3.31. The molecule has 5 nitrogen and oxygen atoms in total. The minimum Gasteiger partial charge on any atom is -0.497 e. The van der Waals surface area contributed by atoms with E-state index in [9.17, 15) is 4.79 Å². The van der Waals surface area contributed by atoms with Crippen molar-refractivity contribution >= 4 is 5.91 Å². The summed E-state index contributed by atoms with van der Waals surface area (Å²) >= 11 is 0. The molecule has 1 aromatic rings. The van der Waals surface area contributed by atoms with Gasteiger partial charge in [-0.25, -0.2) is 0 Å². The van der Waals surface area contributed by atoms with Gasteiger partial charge in [-0.1, -0.05) is 12.1 Å². The Morgan fingerprint density at radius 3 is 2.33 bits per heavy atom. The summed E-state index contributed by atoms with van der Waals surface area (Å²) in [4.78, 5) is 11.8.